The monoisotopic (exact) mass is 466 g/mol. The van der Waals surface area contributed by atoms with Crippen LogP contribution in [0.25, 0.3) is 0 Å². The van der Waals surface area contributed by atoms with Gasteiger partial charge in [-0.05, 0) is 60.9 Å². The molecule has 2 aromatic carbocycles. The number of benzene rings is 2. The number of halogens is 1. The lowest BCUT2D eigenvalue weighted by atomic mass is 9.90. The molecule has 5 rings (SSSR count). The van der Waals surface area contributed by atoms with Gasteiger partial charge in [0, 0.05) is 23.6 Å². The molecule has 33 heavy (non-hydrogen) atoms. The molecule has 9 heteroatoms. The van der Waals surface area contributed by atoms with Gasteiger partial charge in [0.2, 0.25) is 0 Å². The second-order valence-electron chi connectivity index (χ2n) is 9.28. The minimum absolute atomic E-state index is 0.101. The maximum atomic E-state index is 13.4. The zero-order valence-corrected chi connectivity index (χ0v) is 19.5. The Labute approximate surface area is 197 Å². The average Bonchev–Trinajstić information content (AvgIpc) is 3.43. The van der Waals surface area contributed by atoms with Crippen LogP contribution in [0.2, 0.25) is 5.02 Å². The minimum atomic E-state index is -0.362. The first-order valence-corrected chi connectivity index (χ1v) is 11.6. The van der Waals surface area contributed by atoms with E-state index in [2.05, 4.69) is 20.8 Å². The Bertz CT molecular complexity index is 1150. The zero-order chi connectivity index (χ0) is 23.0. The van der Waals surface area contributed by atoms with Crippen molar-refractivity contribution in [1.82, 2.24) is 30.4 Å². The molecule has 0 bridgehead atoms. The smallest absolute Gasteiger partial charge is 0.318 e. The molecule has 172 valence electrons. The van der Waals surface area contributed by atoms with Crippen LogP contribution in [0.1, 0.15) is 62.1 Å². The van der Waals surface area contributed by atoms with Crippen molar-refractivity contribution in [3.05, 3.63) is 70.5 Å². The van der Waals surface area contributed by atoms with Crippen LogP contribution in [-0.2, 0) is 6.54 Å². The molecule has 0 saturated carbocycles. The summed E-state index contributed by atoms with van der Waals surface area (Å²) in [5, 5.41) is 16.3. The Morgan fingerprint density at radius 2 is 2.00 bits per heavy atom. The normalized spacial score (nSPS) is 21.4. The molecular formula is C24H27ClN6O2. The predicted octanol–water partition coefficient (Wildman–Crippen LogP) is 4.52. The van der Waals surface area contributed by atoms with E-state index in [0.717, 1.165) is 29.7 Å². The first-order valence-electron chi connectivity index (χ1n) is 11.3. The number of fused-ring (bicyclic) bond motifs is 1. The van der Waals surface area contributed by atoms with E-state index in [1.807, 2.05) is 67.3 Å². The van der Waals surface area contributed by atoms with Gasteiger partial charge in [0.05, 0.1) is 18.6 Å². The fraction of sp³-hybridized carbons (Fsp3) is 0.417. The van der Waals surface area contributed by atoms with Crippen LogP contribution in [0.5, 0.6) is 5.75 Å². The standard InChI is InChI=1S/C24H27ClN6O2/c1-24(2)14-19(18-6-3-4-8-21(18)33-24)26-23(32)30-13-5-7-20(30)22-27-28-29-31(22)15-16-9-11-17(25)12-10-16/h3-4,6,8-12,19-20H,5,7,13-15H2,1-2H3,(H,26,32)/t19?,20-/m1/s1. The molecule has 0 radical (unpaired) electrons. The number of nitrogens with one attached hydrogen (secondary N) is 1. The molecule has 1 N–H and O–H groups in total. The van der Waals surface area contributed by atoms with Crippen LogP contribution in [0.15, 0.2) is 48.5 Å². The number of aromatic nitrogens is 4. The van der Waals surface area contributed by atoms with Gasteiger partial charge < -0.3 is 15.0 Å². The van der Waals surface area contributed by atoms with Crippen LogP contribution in [0.3, 0.4) is 0 Å². The fourth-order valence-electron chi connectivity index (χ4n) is 4.77. The molecular weight excluding hydrogens is 440 g/mol. The lowest BCUT2D eigenvalue weighted by molar-refractivity contribution is 0.0662. The molecule has 1 fully saturated rings. The van der Waals surface area contributed by atoms with Gasteiger partial charge >= 0.3 is 6.03 Å². The number of hydrogen-bond acceptors (Lipinski definition) is 5. The van der Waals surface area contributed by atoms with Gasteiger partial charge in [-0.2, -0.15) is 0 Å². The highest BCUT2D eigenvalue weighted by molar-refractivity contribution is 6.30. The number of carbonyl (C=O) groups excluding carboxylic acids is 1. The number of tetrazole rings is 1. The van der Waals surface area contributed by atoms with Crippen LogP contribution in [0, 0.1) is 0 Å². The first kappa shape index (κ1) is 21.7. The Morgan fingerprint density at radius 1 is 1.21 bits per heavy atom. The molecule has 2 atom stereocenters. The number of likely N-dealkylation sites (tertiary alicyclic amines) is 1. The van der Waals surface area contributed by atoms with Crippen LogP contribution in [0.4, 0.5) is 4.79 Å². The summed E-state index contributed by atoms with van der Waals surface area (Å²) < 4.78 is 7.88. The van der Waals surface area contributed by atoms with Crippen molar-refractivity contribution in [2.24, 2.45) is 0 Å². The molecule has 8 nitrogen and oxygen atoms in total. The largest absolute Gasteiger partial charge is 0.487 e. The fourth-order valence-corrected chi connectivity index (χ4v) is 4.89. The van der Waals surface area contributed by atoms with Crippen LogP contribution >= 0.6 is 11.6 Å². The molecule has 3 aromatic rings. The predicted molar refractivity (Wildman–Crippen MR) is 124 cm³/mol. The summed E-state index contributed by atoms with van der Waals surface area (Å²) in [7, 11) is 0. The van der Waals surface area contributed by atoms with Crippen LogP contribution < -0.4 is 10.1 Å². The first-order chi connectivity index (χ1) is 15.9. The molecule has 0 aliphatic carbocycles. The van der Waals surface area contributed by atoms with Crippen LogP contribution in [-0.4, -0.2) is 43.3 Å². The zero-order valence-electron chi connectivity index (χ0n) is 18.7. The highest BCUT2D eigenvalue weighted by Gasteiger charge is 2.38. The second-order valence-corrected chi connectivity index (χ2v) is 9.71. The van der Waals surface area contributed by atoms with E-state index < -0.39 is 0 Å². The third kappa shape index (κ3) is 4.53. The Kier molecular flexibility index (Phi) is 5.70. The number of nitrogens with zero attached hydrogens (tertiary/aromatic N) is 5. The van der Waals surface area contributed by atoms with Crippen molar-refractivity contribution in [2.75, 3.05) is 6.54 Å². The number of carbonyl (C=O) groups is 1. The van der Waals surface area contributed by atoms with Gasteiger partial charge in [0.1, 0.15) is 11.4 Å². The van der Waals surface area contributed by atoms with Crippen molar-refractivity contribution < 1.29 is 9.53 Å². The molecule has 2 aliphatic heterocycles. The van der Waals surface area contributed by atoms with Gasteiger partial charge in [-0.1, -0.05) is 41.9 Å². The van der Waals surface area contributed by atoms with E-state index in [1.54, 1.807) is 4.68 Å². The van der Waals surface area contributed by atoms with Crippen molar-refractivity contribution in [1.29, 1.82) is 0 Å². The molecule has 1 aromatic heterocycles. The number of para-hydroxylation sites is 1. The van der Waals surface area contributed by atoms with Gasteiger partial charge in [0.15, 0.2) is 5.82 Å². The summed E-state index contributed by atoms with van der Waals surface area (Å²) in [4.78, 5) is 15.3. The van der Waals surface area contributed by atoms with E-state index in [-0.39, 0.29) is 23.7 Å². The third-order valence-corrected chi connectivity index (χ3v) is 6.54. The number of ether oxygens (including phenoxy) is 1. The maximum absolute atomic E-state index is 13.4. The van der Waals surface area contributed by atoms with E-state index >= 15 is 0 Å². The summed E-state index contributed by atoms with van der Waals surface area (Å²) in [6.45, 7) is 5.28. The minimum Gasteiger partial charge on any atom is -0.487 e. The third-order valence-electron chi connectivity index (χ3n) is 6.29. The molecule has 2 aliphatic rings. The van der Waals surface area contributed by atoms with Gasteiger partial charge in [-0.15, -0.1) is 5.10 Å². The molecule has 3 heterocycles. The molecule has 1 unspecified atom stereocenters. The van der Waals surface area contributed by atoms with Crippen molar-refractivity contribution in [3.8, 4) is 5.75 Å². The summed E-state index contributed by atoms with van der Waals surface area (Å²) in [6, 6.07) is 15.1. The molecule has 2 amide bonds. The SMILES string of the molecule is CC1(C)CC(NC(=O)N2CCC[C@@H]2c2nnnn2Cc2ccc(Cl)cc2)c2ccccc2O1. The summed E-state index contributed by atoms with van der Waals surface area (Å²) in [5.74, 6) is 1.52. The van der Waals surface area contributed by atoms with Gasteiger partial charge in [0.25, 0.3) is 0 Å². The van der Waals surface area contributed by atoms with Gasteiger partial charge in [-0.3, -0.25) is 0 Å². The summed E-state index contributed by atoms with van der Waals surface area (Å²) in [5.41, 5.74) is 1.69. The molecule has 0 spiro atoms. The summed E-state index contributed by atoms with van der Waals surface area (Å²) >= 11 is 6.01. The maximum Gasteiger partial charge on any atom is 0.318 e. The van der Waals surface area contributed by atoms with E-state index in [9.17, 15) is 4.79 Å². The Morgan fingerprint density at radius 3 is 2.82 bits per heavy atom. The van der Waals surface area contributed by atoms with Crippen molar-refractivity contribution in [3.63, 3.8) is 0 Å². The number of amides is 2. The lowest BCUT2D eigenvalue weighted by Gasteiger charge is -2.38. The van der Waals surface area contributed by atoms with E-state index in [0.29, 0.717) is 30.4 Å². The summed E-state index contributed by atoms with van der Waals surface area (Å²) in [6.07, 6.45) is 2.43. The lowest BCUT2D eigenvalue weighted by Crippen LogP contribution is -2.46. The Balaban J connectivity index is 1.34. The number of rotatable bonds is 4. The van der Waals surface area contributed by atoms with Crippen molar-refractivity contribution >= 4 is 17.6 Å². The van der Waals surface area contributed by atoms with Crippen molar-refractivity contribution in [2.45, 2.75) is 57.3 Å². The topological polar surface area (TPSA) is 85.2 Å². The quantitative estimate of drug-likeness (QED) is 0.610. The highest BCUT2D eigenvalue weighted by Crippen LogP contribution is 2.40. The number of urea groups is 1. The molecule has 1 saturated heterocycles. The average molecular weight is 467 g/mol. The Hall–Kier alpha value is -3.13. The van der Waals surface area contributed by atoms with Gasteiger partial charge in [-0.25, -0.2) is 9.48 Å². The number of hydrogen-bond donors (Lipinski definition) is 1. The van der Waals surface area contributed by atoms with E-state index in [1.165, 1.54) is 0 Å². The second kappa shape index (κ2) is 8.67. The van der Waals surface area contributed by atoms with E-state index in [4.69, 9.17) is 16.3 Å². The highest BCUT2D eigenvalue weighted by atomic mass is 35.5.